The second-order valence-electron chi connectivity index (χ2n) is 4.94. The zero-order chi connectivity index (χ0) is 13.8. The van der Waals surface area contributed by atoms with E-state index in [1.54, 1.807) is 0 Å². The van der Waals surface area contributed by atoms with Gasteiger partial charge in [0.1, 0.15) is 6.04 Å². The van der Waals surface area contributed by atoms with Crippen molar-refractivity contribution in [2.75, 3.05) is 13.7 Å². The molecule has 0 heterocycles. The van der Waals surface area contributed by atoms with Crippen LogP contribution in [0.1, 0.15) is 24.4 Å². The Bertz CT molecular complexity index is 435. The molecule has 1 aromatic rings. The maximum Gasteiger partial charge on any atom is 0.239 e. The van der Waals surface area contributed by atoms with E-state index in [4.69, 9.17) is 22.1 Å². The van der Waals surface area contributed by atoms with Crippen molar-refractivity contribution in [1.29, 1.82) is 0 Å². The highest BCUT2D eigenvalue weighted by molar-refractivity contribution is 6.30. The molecular formula is C14H20Cl2N2O2. The Morgan fingerprint density at radius 1 is 1.45 bits per heavy atom. The van der Waals surface area contributed by atoms with Crippen molar-refractivity contribution in [3.8, 4) is 0 Å². The summed E-state index contributed by atoms with van der Waals surface area (Å²) in [6.07, 6.45) is 2.26. The molecular weight excluding hydrogens is 299 g/mol. The molecule has 6 heteroatoms. The van der Waals surface area contributed by atoms with Gasteiger partial charge in [-0.2, -0.15) is 0 Å². The molecule has 2 unspecified atom stereocenters. The van der Waals surface area contributed by atoms with Crippen LogP contribution in [0.4, 0.5) is 0 Å². The highest BCUT2D eigenvalue weighted by atomic mass is 35.5. The second kappa shape index (κ2) is 7.84. The van der Waals surface area contributed by atoms with Gasteiger partial charge in [0.05, 0.1) is 12.6 Å². The minimum atomic E-state index is -0.626. The highest BCUT2D eigenvalue weighted by Crippen LogP contribution is 2.41. The molecule has 0 aliphatic heterocycles. The molecule has 0 aromatic heterocycles. The van der Waals surface area contributed by atoms with Crippen molar-refractivity contribution >= 4 is 29.9 Å². The van der Waals surface area contributed by atoms with Gasteiger partial charge < -0.3 is 15.8 Å². The third kappa shape index (κ3) is 4.63. The number of halogens is 2. The van der Waals surface area contributed by atoms with E-state index in [1.165, 1.54) is 7.11 Å². The number of methoxy groups -OCH3 is 1. The lowest BCUT2D eigenvalue weighted by molar-refractivity contribution is -0.124. The monoisotopic (exact) mass is 318 g/mol. The number of carbonyl (C=O) groups is 1. The van der Waals surface area contributed by atoms with Gasteiger partial charge in [0.15, 0.2) is 0 Å². The minimum Gasteiger partial charge on any atom is -0.383 e. The van der Waals surface area contributed by atoms with E-state index in [2.05, 4.69) is 5.32 Å². The van der Waals surface area contributed by atoms with Crippen molar-refractivity contribution in [3.05, 3.63) is 34.9 Å². The van der Waals surface area contributed by atoms with Crippen LogP contribution in [0.3, 0.4) is 0 Å². The Kier molecular flexibility index (Phi) is 6.76. The molecule has 20 heavy (non-hydrogen) atoms. The first kappa shape index (κ1) is 17.2. The number of nitrogens with two attached hydrogens (primary N) is 1. The van der Waals surface area contributed by atoms with Crippen LogP contribution in [-0.2, 0) is 9.53 Å². The van der Waals surface area contributed by atoms with Gasteiger partial charge in [0.2, 0.25) is 5.91 Å². The lowest BCUT2D eigenvalue weighted by Crippen LogP contribution is -2.45. The van der Waals surface area contributed by atoms with Crippen molar-refractivity contribution in [2.45, 2.75) is 24.9 Å². The Morgan fingerprint density at radius 2 is 2.05 bits per heavy atom. The van der Waals surface area contributed by atoms with E-state index in [0.717, 1.165) is 18.4 Å². The van der Waals surface area contributed by atoms with E-state index in [0.29, 0.717) is 10.9 Å². The van der Waals surface area contributed by atoms with E-state index in [1.807, 2.05) is 24.3 Å². The van der Waals surface area contributed by atoms with E-state index in [-0.39, 0.29) is 31.0 Å². The van der Waals surface area contributed by atoms with Gasteiger partial charge in [-0.15, -0.1) is 12.4 Å². The standard InChI is InChI=1S/C14H19ClN2O2.ClH/c1-19-8-12(16)14(18)17-13(9-2-3-9)10-4-6-11(15)7-5-10;/h4-7,9,12-13H,2-3,8,16H2,1H3,(H,17,18);1H. The zero-order valence-electron chi connectivity index (χ0n) is 11.3. The molecule has 1 amide bonds. The number of ether oxygens (including phenoxy) is 1. The molecule has 2 atom stereocenters. The van der Waals surface area contributed by atoms with Crippen LogP contribution in [0, 0.1) is 5.92 Å². The number of amides is 1. The van der Waals surface area contributed by atoms with Crippen LogP contribution in [0.25, 0.3) is 0 Å². The molecule has 0 saturated heterocycles. The highest BCUT2D eigenvalue weighted by Gasteiger charge is 2.34. The van der Waals surface area contributed by atoms with E-state index < -0.39 is 6.04 Å². The number of benzene rings is 1. The van der Waals surface area contributed by atoms with Gasteiger partial charge in [-0.1, -0.05) is 23.7 Å². The Balaban J connectivity index is 0.00000200. The Labute approximate surface area is 130 Å². The molecule has 2 rings (SSSR count). The van der Waals surface area contributed by atoms with Crippen LogP contribution in [-0.4, -0.2) is 25.7 Å². The summed E-state index contributed by atoms with van der Waals surface area (Å²) in [5.41, 5.74) is 6.81. The molecule has 1 aromatic carbocycles. The van der Waals surface area contributed by atoms with E-state index >= 15 is 0 Å². The van der Waals surface area contributed by atoms with Gasteiger partial charge >= 0.3 is 0 Å². The normalized spacial score (nSPS) is 16.9. The van der Waals surface area contributed by atoms with Crippen molar-refractivity contribution < 1.29 is 9.53 Å². The lowest BCUT2D eigenvalue weighted by atomic mass is 10.0. The maximum absolute atomic E-state index is 12.0. The third-order valence-electron chi connectivity index (χ3n) is 3.30. The lowest BCUT2D eigenvalue weighted by Gasteiger charge is -2.21. The molecule has 4 nitrogen and oxygen atoms in total. The molecule has 3 N–H and O–H groups in total. The minimum absolute atomic E-state index is 0. The molecule has 1 aliphatic carbocycles. The SMILES string of the molecule is COCC(N)C(=O)NC(c1ccc(Cl)cc1)C1CC1.Cl. The average Bonchev–Trinajstić information content (AvgIpc) is 3.21. The van der Waals surface area contributed by atoms with Gasteiger partial charge in [0.25, 0.3) is 0 Å². The van der Waals surface area contributed by atoms with Crippen molar-refractivity contribution in [2.24, 2.45) is 11.7 Å². The number of hydrogen-bond acceptors (Lipinski definition) is 3. The summed E-state index contributed by atoms with van der Waals surface area (Å²) < 4.78 is 4.90. The predicted molar refractivity (Wildman–Crippen MR) is 82.2 cm³/mol. The van der Waals surface area contributed by atoms with Crippen molar-refractivity contribution in [3.63, 3.8) is 0 Å². The molecule has 0 spiro atoms. The first-order chi connectivity index (χ1) is 9.11. The summed E-state index contributed by atoms with van der Waals surface area (Å²) in [4.78, 5) is 12.0. The zero-order valence-corrected chi connectivity index (χ0v) is 12.9. The average molecular weight is 319 g/mol. The number of carbonyl (C=O) groups excluding carboxylic acids is 1. The molecule has 1 aliphatic rings. The molecule has 1 saturated carbocycles. The Hall–Kier alpha value is -0.810. The van der Waals surface area contributed by atoms with Crippen LogP contribution >= 0.6 is 24.0 Å². The summed E-state index contributed by atoms with van der Waals surface area (Å²) >= 11 is 5.89. The molecule has 1 fully saturated rings. The predicted octanol–water partition coefficient (Wildman–Crippen LogP) is 2.30. The fourth-order valence-corrected chi connectivity index (χ4v) is 2.21. The number of rotatable bonds is 6. The first-order valence-electron chi connectivity index (χ1n) is 6.42. The van der Waals surface area contributed by atoms with E-state index in [9.17, 15) is 4.79 Å². The molecule has 0 radical (unpaired) electrons. The van der Waals surface area contributed by atoms with Crippen LogP contribution in [0.15, 0.2) is 24.3 Å². The van der Waals surface area contributed by atoms with Crippen LogP contribution in [0.2, 0.25) is 5.02 Å². The van der Waals surface area contributed by atoms with Gasteiger partial charge in [-0.3, -0.25) is 4.79 Å². The Morgan fingerprint density at radius 3 is 2.55 bits per heavy atom. The number of nitrogens with one attached hydrogen (secondary N) is 1. The quantitative estimate of drug-likeness (QED) is 0.846. The fraction of sp³-hybridized carbons (Fsp3) is 0.500. The first-order valence-corrected chi connectivity index (χ1v) is 6.80. The number of hydrogen-bond donors (Lipinski definition) is 2. The largest absolute Gasteiger partial charge is 0.383 e. The van der Waals surface area contributed by atoms with Gasteiger partial charge in [-0.05, 0) is 36.5 Å². The summed E-state index contributed by atoms with van der Waals surface area (Å²) in [7, 11) is 1.53. The molecule has 0 bridgehead atoms. The van der Waals surface area contributed by atoms with Gasteiger partial charge in [-0.25, -0.2) is 0 Å². The summed E-state index contributed by atoms with van der Waals surface area (Å²) in [5.74, 6) is 0.327. The topological polar surface area (TPSA) is 64.3 Å². The summed E-state index contributed by atoms with van der Waals surface area (Å²) in [5, 5.41) is 3.71. The van der Waals surface area contributed by atoms with Crippen molar-refractivity contribution in [1.82, 2.24) is 5.32 Å². The molecule has 112 valence electrons. The van der Waals surface area contributed by atoms with Crippen LogP contribution < -0.4 is 11.1 Å². The van der Waals surface area contributed by atoms with Crippen LogP contribution in [0.5, 0.6) is 0 Å². The second-order valence-corrected chi connectivity index (χ2v) is 5.37. The van der Waals surface area contributed by atoms with Gasteiger partial charge in [0, 0.05) is 12.1 Å². The third-order valence-corrected chi connectivity index (χ3v) is 3.56. The summed E-state index contributed by atoms with van der Waals surface area (Å²) in [6, 6.07) is 6.98. The fourth-order valence-electron chi connectivity index (χ4n) is 2.09. The summed E-state index contributed by atoms with van der Waals surface area (Å²) in [6.45, 7) is 0.226. The smallest absolute Gasteiger partial charge is 0.239 e. The maximum atomic E-state index is 12.0.